The molecule has 1 rings (SSSR count). The summed E-state index contributed by atoms with van der Waals surface area (Å²) < 4.78 is 10.9. The second-order valence-electron chi connectivity index (χ2n) is 2.63. The van der Waals surface area contributed by atoms with Gasteiger partial charge >= 0.3 is 5.97 Å². The summed E-state index contributed by atoms with van der Waals surface area (Å²) >= 11 is 6.38. The molecule has 0 unspecified atom stereocenters. The summed E-state index contributed by atoms with van der Waals surface area (Å²) in [5.74, 6) is -0.393. The van der Waals surface area contributed by atoms with Crippen LogP contribution in [0.25, 0.3) is 0 Å². The standard InChI is InChI=1S/C9H9Br2NO3/c1-14-2-3-15-9(13)6-4-7(10)12-8(11)5-6/h4-5H,2-3H2,1H3. The third-order valence-corrected chi connectivity index (χ3v) is 2.33. The number of methoxy groups -OCH3 is 1. The van der Waals surface area contributed by atoms with Crippen molar-refractivity contribution in [1.29, 1.82) is 0 Å². The molecule has 0 radical (unpaired) electrons. The lowest BCUT2D eigenvalue weighted by Gasteiger charge is -2.04. The Morgan fingerprint density at radius 1 is 1.33 bits per heavy atom. The molecule has 0 aliphatic carbocycles. The summed E-state index contributed by atoms with van der Waals surface area (Å²) in [6, 6.07) is 3.19. The van der Waals surface area contributed by atoms with Crippen LogP contribution < -0.4 is 0 Å². The average Bonchev–Trinajstić information content (AvgIpc) is 2.16. The van der Waals surface area contributed by atoms with Crippen LogP contribution in [0.2, 0.25) is 0 Å². The van der Waals surface area contributed by atoms with Gasteiger partial charge in [-0.25, -0.2) is 9.78 Å². The molecule has 82 valence electrons. The topological polar surface area (TPSA) is 48.4 Å². The molecule has 0 N–H and O–H groups in total. The number of carbonyl (C=O) groups is 1. The van der Waals surface area contributed by atoms with Crippen LogP contribution in [-0.4, -0.2) is 31.3 Å². The highest BCUT2D eigenvalue weighted by Gasteiger charge is 2.09. The van der Waals surface area contributed by atoms with Gasteiger partial charge in [0, 0.05) is 7.11 Å². The van der Waals surface area contributed by atoms with Crippen LogP contribution in [0.15, 0.2) is 21.3 Å². The third kappa shape index (κ3) is 4.27. The SMILES string of the molecule is COCCOC(=O)c1cc(Br)nc(Br)c1. The monoisotopic (exact) mass is 337 g/mol. The number of aromatic nitrogens is 1. The number of rotatable bonds is 4. The van der Waals surface area contributed by atoms with Crippen molar-refractivity contribution in [2.75, 3.05) is 20.3 Å². The Morgan fingerprint density at radius 3 is 2.47 bits per heavy atom. The zero-order valence-corrected chi connectivity index (χ0v) is 11.2. The van der Waals surface area contributed by atoms with Crippen molar-refractivity contribution in [1.82, 2.24) is 4.98 Å². The lowest BCUT2D eigenvalue weighted by molar-refractivity contribution is 0.0388. The Bertz CT molecular complexity index is 337. The molecule has 0 amide bonds. The van der Waals surface area contributed by atoms with E-state index in [0.717, 1.165) is 0 Å². The van der Waals surface area contributed by atoms with Crippen LogP contribution in [-0.2, 0) is 9.47 Å². The molecule has 0 aliphatic heterocycles. The van der Waals surface area contributed by atoms with Gasteiger partial charge < -0.3 is 9.47 Å². The highest BCUT2D eigenvalue weighted by Crippen LogP contribution is 2.16. The smallest absolute Gasteiger partial charge is 0.338 e. The second-order valence-corrected chi connectivity index (χ2v) is 4.25. The molecule has 0 fully saturated rings. The molecule has 0 saturated carbocycles. The molecule has 4 nitrogen and oxygen atoms in total. The number of halogens is 2. The van der Waals surface area contributed by atoms with Crippen LogP contribution in [0, 0.1) is 0 Å². The van der Waals surface area contributed by atoms with Crippen LogP contribution in [0.5, 0.6) is 0 Å². The van der Waals surface area contributed by atoms with Crippen LogP contribution >= 0.6 is 31.9 Å². The third-order valence-electron chi connectivity index (χ3n) is 1.52. The molecule has 1 aromatic rings. The van der Waals surface area contributed by atoms with Crippen molar-refractivity contribution in [3.63, 3.8) is 0 Å². The van der Waals surface area contributed by atoms with E-state index in [1.54, 1.807) is 19.2 Å². The maximum Gasteiger partial charge on any atom is 0.338 e. The van der Waals surface area contributed by atoms with Gasteiger partial charge in [-0.05, 0) is 44.0 Å². The van der Waals surface area contributed by atoms with Crippen molar-refractivity contribution in [3.8, 4) is 0 Å². The molecule has 1 aromatic heterocycles. The molecule has 0 atom stereocenters. The maximum absolute atomic E-state index is 11.5. The highest BCUT2D eigenvalue weighted by atomic mass is 79.9. The van der Waals surface area contributed by atoms with Gasteiger partial charge in [-0.1, -0.05) is 0 Å². The predicted octanol–water partition coefficient (Wildman–Crippen LogP) is 2.41. The molecule has 0 aromatic carbocycles. The fourth-order valence-corrected chi connectivity index (χ4v) is 2.00. The molecule has 0 aliphatic rings. The molecule has 0 spiro atoms. The van der Waals surface area contributed by atoms with Gasteiger partial charge in [-0.2, -0.15) is 0 Å². The van der Waals surface area contributed by atoms with E-state index in [1.165, 1.54) is 0 Å². The van der Waals surface area contributed by atoms with E-state index in [-0.39, 0.29) is 6.61 Å². The van der Waals surface area contributed by atoms with Crippen LogP contribution in [0.3, 0.4) is 0 Å². The molecule has 0 saturated heterocycles. The van der Waals surface area contributed by atoms with Gasteiger partial charge in [0.15, 0.2) is 0 Å². The molecule has 1 heterocycles. The first kappa shape index (κ1) is 12.6. The molecular weight excluding hydrogens is 330 g/mol. The first-order chi connectivity index (χ1) is 7.13. The molecule has 15 heavy (non-hydrogen) atoms. The van der Waals surface area contributed by atoms with Crippen LogP contribution in [0.4, 0.5) is 0 Å². The number of pyridine rings is 1. The first-order valence-electron chi connectivity index (χ1n) is 4.12. The summed E-state index contributed by atoms with van der Waals surface area (Å²) in [6.45, 7) is 0.631. The maximum atomic E-state index is 11.5. The fourth-order valence-electron chi connectivity index (χ4n) is 0.884. The number of hydrogen-bond donors (Lipinski definition) is 0. The summed E-state index contributed by atoms with van der Waals surface area (Å²) in [4.78, 5) is 15.5. The lowest BCUT2D eigenvalue weighted by Crippen LogP contribution is -2.10. The molecular formula is C9H9Br2NO3. The Hall–Kier alpha value is -0.460. The van der Waals surface area contributed by atoms with Gasteiger partial charge in [-0.15, -0.1) is 0 Å². The fraction of sp³-hybridized carbons (Fsp3) is 0.333. The first-order valence-corrected chi connectivity index (χ1v) is 5.71. The lowest BCUT2D eigenvalue weighted by atomic mass is 10.3. The van der Waals surface area contributed by atoms with E-state index in [0.29, 0.717) is 21.4 Å². The van der Waals surface area contributed by atoms with Gasteiger partial charge in [-0.3, -0.25) is 0 Å². The number of hydrogen-bond acceptors (Lipinski definition) is 4. The van der Waals surface area contributed by atoms with Crippen LogP contribution in [0.1, 0.15) is 10.4 Å². The quantitative estimate of drug-likeness (QED) is 0.480. The molecule has 6 heteroatoms. The Kier molecular flexibility index (Phi) is 5.21. The van der Waals surface area contributed by atoms with Gasteiger partial charge in [0.1, 0.15) is 15.8 Å². The average molecular weight is 339 g/mol. The summed E-state index contributed by atoms with van der Waals surface area (Å²) in [6.07, 6.45) is 0. The van der Waals surface area contributed by atoms with E-state index in [2.05, 4.69) is 36.8 Å². The van der Waals surface area contributed by atoms with E-state index in [1.807, 2.05) is 0 Å². The number of esters is 1. The zero-order valence-electron chi connectivity index (χ0n) is 8.00. The summed E-state index contributed by atoms with van der Waals surface area (Å²) in [7, 11) is 1.55. The number of carbonyl (C=O) groups excluding carboxylic acids is 1. The van der Waals surface area contributed by atoms with Crippen molar-refractivity contribution in [2.45, 2.75) is 0 Å². The Morgan fingerprint density at radius 2 is 1.93 bits per heavy atom. The number of ether oxygens (including phenoxy) is 2. The highest BCUT2D eigenvalue weighted by molar-refractivity contribution is 9.11. The summed E-state index contributed by atoms with van der Waals surface area (Å²) in [5, 5.41) is 0. The predicted molar refractivity (Wildman–Crippen MR) is 61.8 cm³/mol. The van der Waals surface area contributed by atoms with Gasteiger partial charge in [0.25, 0.3) is 0 Å². The Balaban J connectivity index is 2.65. The van der Waals surface area contributed by atoms with Crippen molar-refractivity contribution in [2.24, 2.45) is 0 Å². The second kappa shape index (κ2) is 6.19. The van der Waals surface area contributed by atoms with Crippen molar-refractivity contribution in [3.05, 3.63) is 26.9 Å². The minimum absolute atomic E-state index is 0.243. The Labute approximate surface area is 104 Å². The molecule has 0 bridgehead atoms. The van der Waals surface area contributed by atoms with Gasteiger partial charge in [0.05, 0.1) is 12.2 Å². The van der Waals surface area contributed by atoms with E-state index in [4.69, 9.17) is 9.47 Å². The van der Waals surface area contributed by atoms with E-state index in [9.17, 15) is 4.79 Å². The van der Waals surface area contributed by atoms with Gasteiger partial charge in [0.2, 0.25) is 0 Å². The summed E-state index contributed by atoms with van der Waals surface area (Å²) in [5.41, 5.74) is 0.444. The number of nitrogens with zero attached hydrogens (tertiary/aromatic N) is 1. The van der Waals surface area contributed by atoms with Crippen molar-refractivity contribution < 1.29 is 14.3 Å². The van der Waals surface area contributed by atoms with E-state index >= 15 is 0 Å². The van der Waals surface area contributed by atoms with Crippen molar-refractivity contribution >= 4 is 37.8 Å². The minimum atomic E-state index is -0.393. The normalized spacial score (nSPS) is 10.1. The largest absolute Gasteiger partial charge is 0.460 e. The zero-order chi connectivity index (χ0) is 11.3. The van der Waals surface area contributed by atoms with E-state index < -0.39 is 5.97 Å². The minimum Gasteiger partial charge on any atom is -0.460 e.